The second kappa shape index (κ2) is 6.47. The maximum absolute atomic E-state index is 12.0. The number of rotatable bonds is 4. The number of imidazole rings is 1. The van der Waals surface area contributed by atoms with Gasteiger partial charge in [0, 0.05) is 51.7 Å². The number of amides is 1. The summed E-state index contributed by atoms with van der Waals surface area (Å²) >= 11 is 0. The molecule has 21 heavy (non-hydrogen) atoms. The van der Waals surface area contributed by atoms with Crippen molar-refractivity contribution in [3.05, 3.63) is 12.4 Å². The third-order valence-corrected chi connectivity index (χ3v) is 4.54. The number of piperazine rings is 1. The summed E-state index contributed by atoms with van der Waals surface area (Å²) in [5, 5.41) is 3.16. The Bertz CT molecular complexity index is 472. The monoisotopic (exact) mass is 291 g/mol. The van der Waals surface area contributed by atoms with Crippen molar-refractivity contribution in [2.24, 2.45) is 7.05 Å². The van der Waals surface area contributed by atoms with Crippen LogP contribution in [-0.4, -0.2) is 59.1 Å². The van der Waals surface area contributed by atoms with Gasteiger partial charge < -0.3 is 14.8 Å². The lowest BCUT2D eigenvalue weighted by Crippen LogP contribution is -2.50. The highest BCUT2D eigenvalue weighted by Gasteiger charge is 2.23. The lowest BCUT2D eigenvalue weighted by atomic mass is 10.2. The van der Waals surface area contributed by atoms with E-state index in [1.807, 2.05) is 24.0 Å². The van der Waals surface area contributed by atoms with E-state index in [1.165, 1.54) is 12.8 Å². The zero-order chi connectivity index (χ0) is 14.7. The minimum atomic E-state index is 0.187. The zero-order valence-corrected chi connectivity index (χ0v) is 12.8. The Kier molecular flexibility index (Phi) is 4.43. The van der Waals surface area contributed by atoms with Gasteiger partial charge >= 0.3 is 0 Å². The molecule has 0 spiro atoms. The molecule has 0 bridgehead atoms. The first-order valence-corrected chi connectivity index (χ1v) is 7.96. The third kappa shape index (κ3) is 3.56. The van der Waals surface area contributed by atoms with Crippen LogP contribution in [0.5, 0.6) is 0 Å². The molecule has 2 aliphatic rings. The first kappa shape index (κ1) is 14.4. The van der Waals surface area contributed by atoms with E-state index >= 15 is 0 Å². The lowest BCUT2D eigenvalue weighted by Gasteiger charge is -2.35. The summed E-state index contributed by atoms with van der Waals surface area (Å²) in [6.45, 7) is 4.24. The van der Waals surface area contributed by atoms with Crippen LogP contribution in [0.15, 0.2) is 12.4 Å². The largest absolute Gasteiger partial charge is 0.352 e. The smallest absolute Gasteiger partial charge is 0.234 e. The van der Waals surface area contributed by atoms with Gasteiger partial charge in [-0.2, -0.15) is 0 Å². The number of carbonyl (C=O) groups is 1. The number of carbonyl (C=O) groups excluding carboxylic acids is 1. The maximum atomic E-state index is 12.0. The molecule has 0 aromatic carbocycles. The molecule has 1 saturated carbocycles. The summed E-state index contributed by atoms with van der Waals surface area (Å²) in [6.07, 6.45) is 8.62. The quantitative estimate of drug-likeness (QED) is 0.883. The number of hydrogen-bond acceptors (Lipinski definition) is 4. The van der Waals surface area contributed by atoms with Crippen LogP contribution in [0, 0.1) is 0 Å². The van der Waals surface area contributed by atoms with Gasteiger partial charge in [-0.3, -0.25) is 9.69 Å². The van der Waals surface area contributed by atoms with Crippen molar-refractivity contribution in [2.75, 3.05) is 37.6 Å². The SMILES string of the molecule is Cn1ccnc1N1CCN(CC(=O)NC2CCCC2)CC1. The highest BCUT2D eigenvalue weighted by Crippen LogP contribution is 2.17. The Balaban J connectivity index is 1.43. The molecule has 0 unspecified atom stereocenters. The average molecular weight is 291 g/mol. The van der Waals surface area contributed by atoms with E-state index < -0.39 is 0 Å². The van der Waals surface area contributed by atoms with E-state index in [1.54, 1.807) is 0 Å². The Morgan fingerprint density at radius 3 is 2.62 bits per heavy atom. The summed E-state index contributed by atoms with van der Waals surface area (Å²) in [7, 11) is 2.02. The molecule has 6 heteroatoms. The number of anilines is 1. The predicted molar refractivity (Wildman–Crippen MR) is 82.3 cm³/mol. The molecule has 116 valence electrons. The number of aromatic nitrogens is 2. The molecular weight excluding hydrogens is 266 g/mol. The Hall–Kier alpha value is -1.56. The van der Waals surface area contributed by atoms with E-state index in [-0.39, 0.29) is 5.91 Å². The summed E-state index contributed by atoms with van der Waals surface area (Å²) < 4.78 is 2.04. The summed E-state index contributed by atoms with van der Waals surface area (Å²) in [5.41, 5.74) is 0. The molecule has 2 fully saturated rings. The standard InChI is InChI=1S/C15H25N5O/c1-18-7-6-16-15(18)20-10-8-19(9-11-20)12-14(21)17-13-4-2-3-5-13/h6-7,13H,2-5,8-12H2,1H3,(H,17,21). The van der Waals surface area contributed by atoms with E-state index in [0.717, 1.165) is 45.0 Å². The van der Waals surface area contributed by atoms with Crippen LogP contribution in [0.2, 0.25) is 0 Å². The summed E-state index contributed by atoms with van der Waals surface area (Å²) in [5.74, 6) is 1.21. The van der Waals surface area contributed by atoms with E-state index in [9.17, 15) is 4.79 Å². The van der Waals surface area contributed by atoms with Crippen LogP contribution in [-0.2, 0) is 11.8 Å². The van der Waals surface area contributed by atoms with Gasteiger partial charge in [0.2, 0.25) is 11.9 Å². The van der Waals surface area contributed by atoms with Gasteiger partial charge in [0.05, 0.1) is 6.54 Å². The van der Waals surface area contributed by atoms with E-state index in [4.69, 9.17) is 0 Å². The molecule has 1 saturated heterocycles. The van der Waals surface area contributed by atoms with Crippen molar-refractivity contribution in [2.45, 2.75) is 31.7 Å². The minimum absolute atomic E-state index is 0.187. The summed E-state index contributed by atoms with van der Waals surface area (Å²) in [4.78, 5) is 21.0. The lowest BCUT2D eigenvalue weighted by molar-refractivity contribution is -0.123. The van der Waals surface area contributed by atoms with Gasteiger partial charge in [0.1, 0.15) is 0 Å². The van der Waals surface area contributed by atoms with Crippen molar-refractivity contribution >= 4 is 11.9 Å². The van der Waals surface area contributed by atoms with Crippen LogP contribution in [0.25, 0.3) is 0 Å². The first-order chi connectivity index (χ1) is 10.2. The fourth-order valence-corrected chi connectivity index (χ4v) is 3.31. The number of aryl methyl sites for hydroxylation is 1. The minimum Gasteiger partial charge on any atom is -0.352 e. The fraction of sp³-hybridized carbons (Fsp3) is 0.733. The van der Waals surface area contributed by atoms with Gasteiger partial charge in [0.15, 0.2) is 0 Å². The van der Waals surface area contributed by atoms with Gasteiger partial charge in [-0.25, -0.2) is 4.98 Å². The molecule has 0 atom stereocenters. The predicted octanol–water partition coefficient (Wildman–Crippen LogP) is 0.601. The second-order valence-electron chi connectivity index (χ2n) is 6.15. The zero-order valence-electron chi connectivity index (χ0n) is 12.8. The van der Waals surface area contributed by atoms with E-state index in [2.05, 4.69) is 20.1 Å². The van der Waals surface area contributed by atoms with Gasteiger partial charge in [0.25, 0.3) is 0 Å². The van der Waals surface area contributed by atoms with Crippen molar-refractivity contribution in [1.82, 2.24) is 19.8 Å². The second-order valence-corrected chi connectivity index (χ2v) is 6.15. The molecule has 6 nitrogen and oxygen atoms in total. The van der Waals surface area contributed by atoms with Gasteiger partial charge in [-0.1, -0.05) is 12.8 Å². The van der Waals surface area contributed by atoms with Crippen LogP contribution >= 0.6 is 0 Å². The van der Waals surface area contributed by atoms with Crippen molar-refractivity contribution in [3.8, 4) is 0 Å². The first-order valence-electron chi connectivity index (χ1n) is 7.96. The molecule has 1 aromatic heterocycles. The van der Waals surface area contributed by atoms with Gasteiger partial charge in [-0.05, 0) is 12.8 Å². The highest BCUT2D eigenvalue weighted by molar-refractivity contribution is 5.78. The van der Waals surface area contributed by atoms with Crippen LogP contribution in [0.3, 0.4) is 0 Å². The van der Waals surface area contributed by atoms with E-state index in [0.29, 0.717) is 12.6 Å². The molecule has 1 N–H and O–H groups in total. The Labute approximate surface area is 126 Å². The van der Waals surface area contributed by atoms with Gasteiger partial charge in [-0.15, -0.1) is 0 Å². The van der Waals surface area contributed by atoms with Crippen LogP contribution < -0.4 is 10.2 Å². The highest BCUT2D eigenvalue weighted by atomic mass is 16.2. The van der Waals surface area contributed by atoms with Crippen molar-refractivity contribution in [3.63, 3.8) is 0 Å². The Morgan fingerprint density at radius 2 is 2.00 bits per heavy atom. The number of nitrogens with one attached hydrogen (secondary N) is 1. The van der Waals surface area contributed by atoms with Crippen LogP contribution in [0.4, 0.5) is 5.95 Å². The average Bonchev–Trinajstić information content (AvgIpc) is 3.11. The van der Waals surface area contributed by atoms with Crippen molar-refractivity contribution in [1.29, 1.82) is 0 Å². The van der Waals surface area contributed by atoms with Crippen molar-refractivity contribution < 1.29 is 4.79 Å². The molecule has 1 aliphatic heterocycles. The maximum Gasteiger partial charge on any atom is 0.234 e. The molecule has 3 rings (SSSR count). The normalized spacial score (nSPS) is 20.9. The number of hydrogen-bond donors (Lipinski definition) is 1. The Morgan fingerprint density at radius 1 is 1.29 bits per heavy atom. The number of nitrogens with zero attached hydrogens (tertiary/aromatic N) is 4. The summed E-state index contributed by atoms with van der Waals surface area (Å²) in [6, 6.07) is 0.423. The molecular formula is C15H25N5O. The molecule has 0 radical (unpaired) electrons. The fourth-order valence-electron chi connectivity index (χ4n) is 3.31. The topological polar surface area (TPSA) is 53.4 Å². The molecule has 1 aromatic rings. The third-order valence-electron chi connectivity index (χ3n) is 4.54. The molecule has 2 heterocycles. The molecule has 1 aliphatic carbocycles. The van der Waals surface area contributed by atoms with Crippen LogP contribution in [0.1, 0.15) is 25.7 Å². The molecule has 1 amide bonds.